The molecule has 1 aliphatic rings. The minimum atomic E-state index is 0.644. The second-order valence-electron chi connectivity index (χ2n) is 4.59. The zero-order valence-electron chi connectivity index (χ0n) is 10.9. The quantitative estimate of drug-likeness (QED) is 0.847. The smallest absolute Gasteiger partial charge is 0.170 e. The van der Waals surface area contributed by atoms with E-state index < -0.39 is 0 Å². The van der Waals surface area contributed by atoms with Crippen LogP contribution in [0.5, 0.6) is 5.75 Å². The summed E-state index contributed by atoms with van der Waals surface area (Å²) in [6.45, 7) is 3.34. The summed E-state index contributed by atoms with van der Waals surface area (Å²) in [6.07, 6.45) is 2.51. The van der Waals surface area contributed by atoms with E-state index in [0.29, 0.717) is 19.2 Å². The summed E-state index contributed by atoms with van der Waals surface area (Å²) < 4.78 is 7.18. The van der Waals surface area contributed by atoms with E-state index in [-0.39, 0.29) is 0 Å². The first kappa shape index (κ1) is 12.1. The molecule has 100 valence electrons. The molecule has 0 aliphatic heterocycles. The Morgan fingerprint density at radius 2 is 2.11 bits per heavy atom. The Bertz CT molecular complexity index is 532. The lowest BCUT2D eigenvalue weighted by atomic mass is 10.3. The Labute approximate surface area is 111 Å². The third-order valence-corrected chi connectivity index (χ3v) is 3.05. The number of nitrogens with zero attached hydrogens (tertiary/aromatic N) is 4. The highest BCUT2D eigenvalue weighted by atomic mass is 16.5. The summed E-state index contributed by atoms with van der Waals surface area (Å²) >= 11 is 0. The fourth-order valence-corrected chi connectivity index (χ4v) is 1.89. The molecule has 6 nitrogen and oxygen atoms in total. The van der Waals surface area contributed by atoms with Crippen LogP contribution in [0.4, 0.5) is 0 Å². The van der Waals surface area contributed by atoms with Gasteiger partial charge in [-0.25, -0.2) is 0 Å². The third kappa shape index (κ3) is 2.90. The first-order valence-electron chi connectivity index (χ1n) is 6.60. The number of nitrogens with one attached hydrogen (secondary N) is 1. The van der Waals surface area contributed by atoms with Crippen molar-refractivity contribution in [1.29, 1.82) is 0 Å². The van der Waals surface area contributed by atoms with Gasteiger partial charge >= 0.3 is 0 Å². The largest absolute Gasteiger partial charge is 0.494 e. The molecule has 1 N–H and O–H groups in total. The summed E-state index contributed by atoms with van der Waals surface area (Å²) in [6, 6.07) is 8.42. The van der Waals surface area contributed by atoms with Gasteiger partial charge in [0.1, 0.15) is 5.75 Å². The SMILES string of the molecule is CCOc1ccc(-n2nnnc2CNC2CC2)cc1. The fourth-order valence-electron chi connectivity index (χ4n) is 1.89. The van der Waals surface area contributed by atoms with Crippen molar-refractivity contribution in [2.24, 2.45) is 0 Å². The number of hydrogen-bond donors (Lipinski definition) is 1. The molecule has 1 aliphatic carbocycles. The van der Waals surface area contributed by atoms with Crippen molar-refractivity contribution in [1.82, 2.24) is 25.5 Å². The zero-order valence-corrected chi connectivity index (χ0v) is 10.9. The van der Waals surface area contributed by atoms with E-state index in [1.807, 2.05) is 31.2 Å². The van der Waals surface area contributed by atoms with Gasteiger partial charge < -0.3 is 10.1 Å². The van der Waals surface area contributed by atoms with Crippen molar-refractivity contribution >= 4 is 0 Å². The van der Waals surface area contributed by atoms with E-state index in [1.54, 1.807) is 4.68 Å². The zero-order chi connectivity index (χ0) is 13.1. The molecular formula is C13H17N5O. The second-order valence-corrected chi connectivity index (χ2v) is 4.59. The summed E-state index contributed by atoms with van der Waals surface area (Å²) in [7, 11) is 0. The minimum absolute atomic E-state index is 0.644. The predicted molar refractivity (Wildman–Crippen MR) is 70.2 cm³/mol. The summed E-state index contributed by atoms with van der Waals surface area (Å²) in [5.41, 5.74) is 0.945. The van der Waals surface area contributed by atoms with E-state index in [1.165, 1.54) is 12.8 Å². The molecule has 1 fully saturated rings. The lowest BCUT2D eigenvalue weighted by Crippen LogP contribution is -2.18. The number of hydrogen-bond acceptors (Lipinski definition) is 5. The maximum Gasteiger partial charge on any atom is 0.170 e. The van der Waals surface area contributed by atoms with Crippen molar-refractivity contribution < 1.29 is 4.74 Å². The normalized spacial score (nSPS) is 14.6. The average molecular weight is 259 g/mol. The highest BCUT2D eigenvalue weighted by Gasteiger charge is 2.21. The van der Waals surface area contributed by atoms with Crippen LogP contribution in [0, 0.1) is 0 Å². The standard InChI is InChI=1S/C13H17N5O/c1-2-19-12-7-5-11(6-8-12)18-13(15-16-17-18)9-14-10-3-4-10/h5-8,10,14H,2-4,9H2,1H3. The molecule has 0 bridgehead atoms. The fraction of sp³-hybridized carbons (Fsp3) is 0.462. The molecule has 2 aromatic rings. The topological polar surface area (TPSA) is 64.9 Å². The van der Waals surface area contributed by atoms with Crippen LogP contribution >= 0.6 is 0 Å². The van der Waals surface area contributed by atoms with Crippen molar-refractivity contribution in [3.8, 4) is 11.4 Å². The molecule has 0 saturated heterocycles. The number of tetrazole rings is 1. The van der Waals surface area contributed by atoms with Gasteiger partial charge in [-0.2, -0.15) is 4.68 Å². The number of rotatable bonds is 6. The summed E-state index contributed by atoms with van der Waals surface area (Å²) in [5, 5.41) is 15.3. The van der Waals surface area contributed by atoms with Crippen LogP contribution in [0.1, 0.15) is 25.6 Å². The Kier molecular flexibility index (Phi) is 3.41. The molecule has 0 unspecified atom stereocenters. The molecule has 0 spiro atoms. The van der Waals surface area contributed by atoms with Gasteiger partial charge in [0.05, 0.1) is 18.8 Å². The molecular weight excluding hydrogens is 242 g/mol. The van der Waals surface area contributed by atoms with Crippen LogP contribution in [0.25, 0.3) is 5.69 Å². The molecule has 0 radical (unpaired) electrons. The van der Waals surface area contributed by atoms with Crippen LogP contribution in [-0.2, 0) is 6.54 Å². The first-order chi connectivity index (χ1) is 9.36. The monoisotopic (exact) mass is 259 g/mol. The van der Waals surface area contributed by atoms with E-state index in [4.69, 9.17) is 4.74 Å². The molecule has 1 aromatic carbocycles. The Hall–Kier alpha value is -1.95. The van der Waals surface area contributed by atoms with Gasteiger partial charge in [-0.15, -0.1) is 5.10 Å². The van der Waals surface area contributed by atoms with Gasteiger partial charge in [-0.05, 0) is 54.5 Å². The molecule has 6 heteroatoms. The van der Waals surface area contributed by atoms with Gasteiger partial charge in [0.2, 0.25) is 0 Å². The van der Waals surface area contributed by atoms with E-state index in [2.05, 4.69) is 20.8 Å². The number of benzene rings is 1. The van der Waals surface area contributed by atoms with Crippen molar-refractivity contribution in [3.05, 3.63) is 30.1 Å². The second kappa shape index (κ2) is 5.36. The number of aromatic nitrogens is 4. The Morgan fingerprint density at radius 3 is 2.79 bits per heavy atom. The Balaban J connectivity index is 1.74. The van der Waals surface area contributed by atoms with Crippen LogP contribution in [0.3, 0.4) is 0 Å². The molecule has 0 atom stereocenters. The van der Waals surface area contributed by atoms with E-state index in [0.717, 1.165) is 17.3 Å². The molecule has 19 heavy (non-hydrogen) atoms. The van der Waals surface area contributed by atoms with Crippen molar-refractivity contribution in [2.75, 3.05) is 6.61 Å². The van der Waals surface area contributed by atoms with Gasteiger partial charge in [0, 0.05) is 6.04 Å². The maximum atomic E-state index is 5.42. The van der Waals surface area contributed by atoms with Crippen LogP contribution in [0.15, 0.2) is 24.3 Å². The number of ether oxygens (including phenoxy) is 1. The first-order valence-corrected chi connectivity index (χ1v) is 6.60. The molecule has 1 heterocycles. The summed E-state index contributed by atoms with van der Waals surface area (Å²) in [4.78, 5) is 0. The lowest BCUT2D eigenvalue weighted by Gasteiger charge is -2.07. The molecule has 1 saturated carbocycles. The van der Waals surface area contributed by atoms with Crippen LogP contribution in [0.2, 0.25) is 0 Å². The van der Waals surface area contributed by atoms with Crippen molar-refractivity contribution in [3.63, 3.8) is 0 Å². The molecule has 3 rings (SSSR count). The van der Waals surface area contributed by atoms with Gasteiger partial charge in [0.25, 0.3) is 0 Å². The average Bonchev–Trinajstić information content (AvgIpc) is 3.15. The van der Waals surface area contributed by atoms with Crippen LogP contribution < -0.4 is 10.1 Å². The molecule has 1 aromatic heterocycles. The van der Waals surface area contributed by atoms with E-state index in [9.17, 15) is 0 Å². The third-order valence-electron chi connectivity index (χ3n) is 3.05. The maximum absolute atomic E-state index is 5.42. The van der Waals surface area contributed by atoms with Gasteiger partial charge in [0.15, 0.2) is 5.82 Å². The highest BCUT2D eigenvalue weighted by molar-refractivity contribution is 5.37. The van der Waals surface area contributed by atoms with Gasteiger partial charge in [-0.1, -0.05) is 0 Å². The highest BCUT2D eigenvalue weighted by Crippen LogP contribution is 2.19. The van der Waals surface area contributed by atoms with Crippen LogP contribution in [-0.4, -0.2) is 32.9 Å². The Morgan fingerprint density at radius 1 is 1.32 bits per heavy atom. The molecule has 0 amide bonds. The minimum Gasteiger partial charge on any atom is -0.494 e. The summed E-state index contributed by atoms with van der Waals surface area (Å²) in [5.74, 6) is 1.69. The predicted octanol–water partition coefficient (Wildman–Crippen LogP) is 1.31. The van der Waals surface area contributed by atoms with Crippen molar-refractivity contribution in [2.45, 2.75) is 32.4 Å². The van der Waals surface area contributed by atoms with E-state index >= 15 is 0 Å². The van der Waals surface area contributed by atoms with Gasteiger partial charge in [-0.3, -0.25) is 0 Å². The lowest BCUT2D eigenvalue weighted by molar-refractivity contribution is 0.340.